The van der Waals surface area contributed by atoms with E-state index in [1.165, 1.54) is 19.2 Å². The standard InChI is InChI=1S/C16H14ClNO4/c1-10-3-4-12(9-16(19)22-2)13(7-10)11-5-6-14(17)15(8-11)18(20)21/h3-8H,9H2,1-2H3. The van der Waals surface area contributed by atoms with Gasteiger partial charge in [-0.2, -0.15) is 0 Å². The van der Waals surface area contributed by atoms with Gasteiger partial charge in [-0.1, -0.05) is 41.4 Å². The molecule has 0 aromatic heterocycles. The van der Waals surface area contributed by atoms with Crippen molar-refractivity contribution in [3.63, 3.8) is 0 Å². The van der Waals surface area contributed by atoms with Crippen LogP contribution < -0.4 is 0 Å². The van der Waals surface area contributed by atoms with Crippen LogP contribution in [0.15, 0.2) is 36.4 Å². The molecule has 2 aromatic rings. The van der Waals surface area contributed by atoms with Crippen LogP contribution in [0.3, 0.4) is 0 Å². The highest BCUT2D eigenvalue weighted by Crippen LogP contribution is 2.32. The van der Waals surface area contributed by atoms with Gasteiger partial charge in [0.25, 0.3) is 5.69 Å². The molecule has 6 heteroatoms. The molecule has 2 rings (SSSR count). The van der Waals surface area contributed by atoms with Gasteiger partial charge >= 0.3 is 5.97 Å². The van der Waals surface area contributed by atoms with E-state index in [-0.39, 0.29) is 23.1 Å². The number of ether oxygens (including phenoxy) is 1. The second-order valence-electron chi connectivity index (χ2n) is 4.84. The first-order valence-corrected chi connectivity index (χ1v) is 6.91. The lowest BCUT2D eigenvalue weighted by Gasteiger charge is -2.10. The van der Waals surface area contributed by atoms with E-state index < -0.39 is 4.92 Å². The van der Waals surface area contributed by atoms with E-state index >= 15 is 0 Å². The first kappa shape index (κ1) is 16.0. The number of methoxy groups -OCH3 is 1. The SMILES string of the molecule is COC(=O)Cc1ccc(C)cc1-c1ccc(Cl)c([N+](=O)[O-])c1. The van der Waals surface area contributed by atoms with Crippen LogP contribution in [-0.2, 0) is 16.0 Å². The molecule has 0 saturated heterocycles. The zero-order valence-electron chi connectivity index (χ0n) is 12.1. The molecule has 0 aliphatic rings. The quantitative estimate of drug-likeness (QED) is 0.486. The van der Waals surface area contributed by atoms with Gasteiger partial charge in [-0.05, 0) is 29.7 Å². The molecule has 0 fully saturated rings. The van der Waals surface area contributed by atoms with E-state index in [1.54, 1.807) is 6.07 Å². The third-order valence-electron chi connectivity index (χ3n) is 3.28. The number of nitro benzene ring substituents is 1. The van der Waals surface area contributed by atoms with Gasteiger partial charge in [0.2, 0.25) is 0 Å². The van der Waals surface area contributed by atoms with Gasteiger partial charge in [-0.15, -0.1) is 0 Å². The Morgan fingerprint density at radius 1 is 1.27 bits per heavy atom. The molecule has 0 radical (unpaired) electrons. The Morgan fingerprint density at radius 3 is 2.64 bits per heavy atom. The number of carbonyl (C=O) groups is 1. The maximum Gasteiger partial charge on any atom is 0.309 e. The number of halogens is 1. The van der Waals surface area contributed by atoms with Gasteiger partial charge in [-0.3, -0.25) is 14.9 Å². The zero-order valence-corrected chi connectivity index (χ0v) is 12.9. The van der Waals surface area contributed by atoms with Crippen LogP contribution in [-0.4, -0.2) is 18.0 Å². The number of nitro groups is 1. The highest BCUT2D eigenvalue weighted by Gasteiger charge is 2.16. The third-order valence-corrected chi connectivity index (χ3v) is 3.60. The fraction of sp³-hybridized carbons (Fsp3) is 0.188. The van der Waals surface area contributed by atoms with Crippen molar-refractivity contribution in [3.05, 3.63) is 62.7 Å². The average molecular weight is 320 g/mol. The highest BCUT2D eigenvalue weighted by molar-refractivity contribution is 6.32. The Hall–Kier alpha value is -2.40. The van der Waals surface area contributed by atoms with Gasteiger partial charge in [0.05, 0.1) is 18.5 Å². The number of benzene rings is 2. The minimum Gasteiger partial charge on any atom is -0.469 e. The number of carbonyl (C=O) groups excluding carboxylic acids is 1. The summed E-state index contributed by atoms with van der Waals surface area (Å²) < 4.78 is 4.69. The lowest BCUT2D eigenvalue weighted by molar-refractivity contribution is -0.384. The summed E-state index contributed by atoms with van der Waals surface area (Å²) in [6.45, 7) is 1.91. The number of esters is 1. The highest BCUT2D eigenvalue weighted by atomic mass is 35.5. The molecule has 114 valence electrons. The van der Waals surface area contributed by atoms with Gasteiger partial charge in [0, 0.05) is 6.07 Å². The first-order valence-electron chi connectivity index (χ1n) is 6.53. The van der Waals surface area contributed by atoms with E-state index in [0.29, 0.717) is 5.56 Å². The summed E-state index contributed by atoms with van der Waals surface area (Å²) in [4.78, 5) is 22.0. The topological polar surface area (TPSA) is 69.4 Å². The van der Waals surface area contributed by atoms with Crippen molar-refractivity contribution in [2.45, 2.75) is 13.3 Å². The zero-order chi connectivity index (χ0) is 16.3. The normalized spacial score (nSPS) is 10.3. The number of nitrogens with zero attached hydrogens (tertiary/aromatic N) is 1. The van der Waals surface area contributed by atoms with E-state index in [4.69, 9.17) is 11.6 Å². The lowest BCUT2D eigenvalue weighted by Crippen LogP contribution is -2.06. The second kappa shape index (κ2) is 6.58. The summed E-state index contributed by atoms with van der Waals surface area (Å²) in [5.41, 5.74) is 2.96. The molecule has 5 nitrogen and oxygen atoms in total. The van der Waals surface area contributed by atoms with Crippen LogP contribution in [0.5, 0.6) is 0 Å². The molecule has 2 aromatic carbocycles. The van der Waals surface area contributed by atoms with Crippen molar-refractivity contribution in [2.75, 3.05) is 7.11 Å². The minimum atomic E-state index is -0.526. The Labute approximate surface area is 132 Å². The molecule has 22 heavy (non-hydrogen) atoms. The Kier molecular flexibility index (Phi) is 4.78. The molecule has 0 bridgehead atoms. The summed E-state index contributed by atoms with van der Waals surface area (Å²) >= 11 is 5.84. The van der Waals surface area contributed by atoms with Gasteiger partial charge in [0.1, 0.15) is 5.02 Å². The molecule has 0 heterocycles. The molecule has 0 aliphatic heterocycles. The predicted molar refractivity (Wildman–Crippen MR) is 84.0 cm³/mol. The van der Waals surface area contributed by atoms with Crippen molar-refractivity contribution in [1.82, 2.24) is 0 Å². The Bertz CT molecular complexity index is 743. The summed E-state index contributed by atoms with van der Waals surface area (Å²) in [7, 11) is 1.32. The van der Waals surface area contributed by atoms with Crippen LogP contribution in [0, 0.1) is 17.0 Å². The van der Waals surface area contributed by atoms with Crippen molar-refractivity contribution < 1.29 is 14.5 Å². The molecule has 0 unspecified atom stereocenters. The Balaban J connectivity index is 2.56. The molecule has 0 spiro atoms. The van der Waals surface area contributed by atoms with Crippen LogP contribution in [0.4, 0.5) is 5.69 Å². The molecule has 0 amide bonds. The smallest absolute Gasteiger partial charge is 0.309 e. The van der Waals surface area contributed by atoms with Crippen LogP contribution in [0.1, 0.15) is 11.1 Å². The van der Waals surface area contributed by atoms with E-state index in [2.05, 4.69) is 4.74 Å². The van der Waals surface area contributed by atoms with Crippen LogP contribution in [0.2, 0.25) is 5.02 Å². The number of rotatable bonds is 4. The van der Waals surface area contributed by atoms with Crippen molar-refractivity contribution in [2.24, 2.45) is 0 Å². The first-order chi connectivity index (χ1) is 10.4. The maximum absolute atomic E-state index is 11.5. The van der Waals surface area contributed by atoms with Crippen molar-refractivity contribution in [1.29, 1.82) is 0 Å². The summed E-state index contributed by atoms with van der Waals surface area (Å²) in [5.74, 6) is -0.367. The monoisotopic (exact) mass is 319 g/mol. The largest absolute Gasteiger partial charge is 0.469 e. The van der Waals surface area contributed by atoms with E-state index in [0.717, 1.165) is 16.7 Å². The van der Waals surface area contributed by atoms with Crippen molar-refractivity contribution in [3.8, 4) is 11.1 Å². The number of hydrogen-bond acceptors (Lipinski definition) is 4. The molecular formula is C16H14ClNO4. The van der Waals surface area contributed by atoms with Gasteiger partial charge in [-0.25, -0.2) is 0 Å². The lowest BCUT2D eigenvalue weighted by atomic mass is 9.95. The second-order valence-corrected chi connectivity index (χ2v) is 5.24. The van der Waals surface area contributed by atoms with E-state index in [1.807, 2.05) is 25.1 Å². The van der Waals surface area contributed by atoms with Gasteiger partial charge < -0.3 is 4.74 Å². The number of aryl methyl sites for hydroxylation is 1. The maximum atomic E-state index is 11.5. The Morgan fingerprint density at radius 2 is 2.00 bits per heavy atom. The number of hydrogen-bond donors (Lipinski definition) is 0. The fourth-order valence-electron chi connectivity index (χ4n) is 2.16. The molecule has 0 N–H and O–H groups in total. The fourth-order valence-corrected chi connectivity index (χ4v) is 2.35. The molecular weight excluding hydrogens is 306 g/mol. The third kappa shape index (κ3) is 3.43. The average Bonchev–Trinajstić information content (AvgIpc) is 2.49. The van der Waals surface area contributed by atoms with Crippen LogP contribution >= 0.6 is 11.6 Å². The summed E-state index contributed by atoms with van der Waals surface area (Å²) in [6.07, 6.45) is 0.0997. The minimum absolute atomic E-state index is 0.0796. The van der Waals surface area contributed by atoms with Gasteiger partial charge in [0.15, 0.2) is 0 Å². The van der Waals surface area contributed by atoms with E-state index in [9.17, 15) is 14.9 Å². The summed E-state index contributed by atoms with van der Waals surface area (Å²) in [5, 5.41) is 11.1. The summed E-state index contributed by atoms with van der Waals surface area (Å²) in [6, 6.07) is 10.2. The molecule has 0 saturated carbocycles. The van der Waals surface area contributed by atoms with Crippen LogP contribution in [0.25, 0.3) is 11.1 Å². The van der Waals surface area contributed by atoms with Crippen molar-refractivity contribution >= 4 is 23.3 Å². The molecule has 0 atom stereocenters. The predicted octanol–water partition coefficient (Wildman–Crippen LogP) is 3.94. The molecule has 0 aliphatic carbocycles.